The fourth-order valence-corrected chi connectivity index (χ4v) is 3.41. The highest BCUT2D eigenvalue weighted by Gasteiger charge is 2.20. The van der Waals surface area contributed by atoms with E-state index >= 15 is 0 Å². The molecule has 1 unspecified atom stereocenters. The van der Waals surface area contributed by atoms with Crippen molar-refractivity contribution >= 4 is 28.6 Å². The number of aliphatic hydroxyl groups is 1. The predicted octanol–water partition coefficient (Wildman–Crippen LogP) is 3.70. The van der Waals surface area contributed by atoms with Crippen LogP contribution in [0.2, 0.25) is 0 Å². The second kappa shape index (κ2) is 8.43. The minimum absolute atomic E-state index is 0.0513. The lowest BCUT2D eigenvalue weighted by molar-refractivity contribution is 0.0672. The summed E-state index contributed by atoms with van der Waals surface area (Å²) in [5.41, 5.74) is 7.60. The zero-order valence-corrected chi connectivity index (χ0v) is 18.1. The summed E-state index contributed by atoms with van der Waals surface area (Å²) < 4.78 is 15.6. The molecule has 8 nitrogen and oxygen atoms in total. The zero-order chi connectivity index (χ0) is 22.1. The lowest BCUT2D eigenvalue weighted by Gasteiger charge is -2.23. The Morgan fingerprint density at radius 1 is 1.23 bits per heavy atom. The van der Waals surface area contributed by atoms with E-state index in [1.54, 1.807) is 26.2 Å². The van der Waals surface area contributed by atoms with Crippen LogP contribution in [-0.4, -0.2) is 36.3 Å². The largest absolute Gasteiger partial charge is 0.398 e. The van der Waals surface area contributed by atoms with Crippen LogP contribution in [-0.2, 0) is 6.54 Å². The Hall–Kier alpha value is -2.94. The van der Waals surface area contributed by atoms with Crippen molar-refractivity contribution in [1.29, 1.82) is 0 Å². The average molecular weight is 416 g/mol. The number of imidazole rings is 1. The third-order valence-corrected chi connectivity index (χ3v) is 4.71. The van der Waals surface area contributed by atoms with Crippen LogP contribution in [0.5, 0.6) is 0 Å². The van der Waals surface area contributed by atoms with Crippen molar-refractivity contribution in [1.82, 2.24) is 19.5 Å². The van der Waals surface area contributed by atoms with Crippen LogP contribution in [0, 0.1) is 5.82 Å². The fraction of sp³-hybridized carbons (Fsp3) is 0.476. The van der Waals surface area contributed by atoms with Crippen LogP contribution in [0.25, 0.3) is 11.2 Å². The third-order valence-electron chi connectivity index (χ3n) is 4.71. The molecule has 1 aromatic carbocycles. The van der Waals surface area contributed by atoms with E-state index in [0.29, 0.717) is 47.1 Å². The normalized spacial score (nSPS) is 13.1. The number of benzene rings is 1. The van der Waals surface area contributed by atoms with Gasteiger partial charge in [-0.25, -0.2) is 9.37 Å². The lowest BCUT2D eigenvalue weighted by atomic mass is 10.0. The molecule has 0 aliphatic rings. The van der Waals surface area contributed by atoms with Crippen molar-refractivity contribution in [2.24, 2.45) is 0 Å². The van der Waals surface area contributed by atoms with Crippen molar-refractivity contribution < 1.29 is 9.50 Å². The SMILES string of the molecule is CC(CC(C)(C)O)Nc1nc(NCc2cc(F)ccc2N)c2ncn(C(C)C)c2n1. The summed E-state index contributed by atoms with van der Waals surface area (Å²) in [5, 5.41) is 16.6. The molecule has 0 radical (unpaired) electrons. The van der Waals surface area contributed by atoms with Gasteiger partial charge in [0.1, 0.15) is 5.82 Å². The number of nitrogens with zero attached hydrogens (tertiary/aromatic N) is 4. The Labute approximate surface area is 175 Å². The Morgan fingerprint density at radius 3 is 2.63 bits per heavy atom. The average Bonchev–Trinajstić information content (AvgIpc) is 3.04. The maximum Gasteiger partial charge on any atom is 0.226 e. The molecule has 0 fully saturated rings. The number of nitrogen functional groups attached to an aromatic ring is 1. The highest BCUT2D eigenvalue weighted by molar-refractivity contribution is 5.84. The van der Waals surface area contributed by atoms with Gasteiger partial charge >= 0.3 is 0 Å². The Balaban J connectivity index is 1.94. The minimum Gasteiger partial charge on any atom is -0.398 e. The fourth-order valence-electron chi connectivity index (χ4n) is 3.41. The van der Waals surface area contributed by atoms with Crippen LogP contribution in [0.3, 0.4) is 0 Å². The van der Waals surface area contributed by atoms with Crippen LogP contribution < -0.4 is 16.4 Å². The molecule has 0 spiro atoms. The molecule has 3 rings (SSSR count). The van der Waals surface area contributed by atoms with Gasteiger partial charge in [0.25, 0.3) is 0 Å². The number of halogens is 1. The van der Waals surface area contributed by atoms with Crippen molar-refractivity contribution in [3.63, 3.8) is 0 Å². The third kappa shape index (κ3) is 5.15. The topological polar surface area (TPSA) is 114 Å². The zero-order valence-electron chi connectivity index (χ0n) is 18.1. The van der Waals surface area contributed by atoms with Gasteiger partial charge < -0.3 is 26.0 Å². The standard InChI is InChI=1S/C21H30FN7O/c1-12(2)29-11-25-17-18(24-10-14-8-15(22)6-7-16(14)23)27-20(28-19(17)29)26-13(3)9-21(4,5)30/h6-8,11-13,30H,9-10,23H2,1-5H3,(H2,24,26,27,28). The number of nitrogens with one attached hydrogen (secondary N) is 2. The molecule has 0 aliphatic heterocycles. The van der Waals surface area contributed by atoms with E-state index in [1.807, 2.05) is 25.3 Å². The van der Waals surface area contributed by atoms with Crippen molar-refractivity contribution in [2.45, 2.75) is 65.3 Å². The molecular weight excluding hydrogens is 385 g/mol. The number of hydrogen-bond donors (Lipinski definition) is 4. The number of anilines is 3. The first-order chi connectivity index (χ1) is 14.0. The Morgan fingerprint density at radius 2 is 1.97 bits per heavy atom. The molecule has 0 bridgehead atoms. The molecule has 5 N–H and O–H groups in total. The molecule has 2 aromatic heterocycles. The first-order valence-corrected chi connectivity index (χ1v) is 10.0. The Bertz CT molecular complexity index is 1030. The molecule has 0 amide bonds. The Kier molecular flexibility index (Phi) is 6.12. The van der Waals surface area contributed by atoms with Gasteiger partial charge in [0.2, 0.25) is 5.95 Å². The predicted molar refractivity (Wildman–Crippen MR) is 118 cm³/mol. The summed E-state index contributed by atoms with van der Waals surface area (Å²) >= 11 is 0. The van der Waals surface area contributed by atoms with Crippen LogP contribution >= 0.6 is 0 Å². The second-order valence-electron chi connectivity index (χ2n) is 8.57. The van der Waals surface area contributed by atoms with E-state index in [2.05, 4.69) is 25.6 Å². The first-order valence-electron chi connectivity index (χ1n) is 10.0. The molecule has 9 heteroatoms. The molecule has 1 atom stereocenters. The van der Waals surface area contributed by atoms with Gasteiger partial charge in [-0.05, 0) is 64.8 Å². The van der Waals surface area contributed by atoms with Gasteiger partial charge in [-0.15, -0.1) is 0 Å². The molecule has 162 valence electrons. The van der Waals surface area contributed by atoms with E-state index in [1.165, 1.54) is 12.1 Å². The van der Waals surface area contributed by atoms with Crippen molar-refractivity contribution in [2.75, 3.05) is 16.4 Å². The number of rotatable bonds is 8. The minimum atomic E-state index is -0.813. The molecule has 0 saturated heterocycles. The summed E-state index contributed by atoms with van der Waals surface area (Å²) in [6, 6.07) is 4.39. The second-order valence-corrected chi connectivity index (χ2v) is 8.57. The highest BCUT2D eigenvalue weighted by atomic mass is 19.1. The monoisotopic (exact) mass is 415 g/mol. The smallest absolute Gasteiger partial charge is 0.226 e. The summed E-state index contributed by atoms with van der Waals surface area (Å²) in [5.74, 6) is 0.609. The molecule has 2 heterocycles. The van der Waals surface area contributed by atoms with Crippen LogP contribution in [0.15, 0.2) is 24.5 Å². The molecule has 0 aliphatic carbocycles. The number of fused-ring (bicyclic) bond motifs is 1. The van der Waals surface area contributed by atoms with Crippen molar-refractivity contribution in [3.05, 3.63) is 35.9 Å². The number of aromatic nitrogens is 4. The number of nitrogens with two attached hydrogens (primary N) is 1. The van der Waals surface area contributed by atoms with E-state index in [4.69, 9.17) is 5.73 Å². The van der Waals surface area contributed by atoms with Gasteiger partial charge in [-0.3, -0.25) is 0 Å². The molecule has 3 aromatic rings. The molecular formula is C21H30FN7O. The first kappa shape index (κ1) is 21.8. The molecule has 0 saturated carbocycles. The lowest BCUT2D eigenvalue weighted by Crippen LogP contribution is -2.29. The van der Waals surface area contributed by atoms with Gasteiger partial charge in [0.15, 0.2) is 17.0 Å². The highest BCUT2D eigenvalue weighted by Crippen LogP contribution is 2.25. The quantitative estimate of drug-likeness (QED) is 0.415. The summed E-state index contributed by atoms with van der Waals surface area (Å²) in [6.45, 7) is 9.88. The van der Waals surface area contributed by atoms with Gasteiger partial charge in [0.05, 0.1) is 11.9 Å². The maximum atomic E-state index is 13.6. The van der Waals surface area contributed by atoms with E-state index in [9.17, 15) is 9.50 Å². The number of hydrogen-bond acceptors (Lipinski definition) is 7. The van der Waals surface area contributed by atoms with Gasteiger partial charge in [0, 0.05) is 24.3 Å². The van der Waals surface area contributed by atoms with E-state index in [0.717, 1.165) is 0 Å². The maximum absolute atomic E-state index is 13.6. The van der Waals surface area contributed by atoms with Crippen LogP contribution in [0.1, 0.15) is 52.6 Å². The van der Waals surface area contributed by atoms with Gasteiger partial charge in [-0.1, -0.05) is 0 Å². The summed E-state index contributed by atoms with van der Waals surface area (Å²) in [6.07, 6.45) is 2.26. The van der Waals surface area contributed by atoms with Gasteiger partial charge in [-0.2, -0.15) is 9.97 Å². The summed E-state index contributed by atoms with van der Waals surface area (Å²) in [7, 11) is 0. The molecule has 30 heavy (non-hydrogen) atoms. The van der Waals surface area contributed by atoms with Crippen LogP contribution in [0.4, 0.5) is 21.8 Å². The van der Waals surface area contributed by atoms with Crippen molar-refractivity contribution in [3.8, 4) is 0 Å². The van der Waals surface area contributed by atoms with E-state index < -0.39 is 5.60 Å². The van der Waals surface area contributed by atoms with E-state index in [-0.39, 0.29) is 17.9 Å². The summed E-state index contributed by atoms with van der Waals surface area (Å²) in [4.78, 5) is 13.7.